The van der Waals surface area contributed by atoms with Crippen LogP contribution in [0.3, 0.4) is 0 Å². The molecule has 1 aliphatic rings. The number of benzene rings is 2. The number of likely N-dealkylation sites (tertiary alicyclic amines) is 1. The largest absolute Gasteiger partial charge is 0.339 e. The summed E-state index contributed by atoms with van der Waals surface area (Å²) in [6.45, 7) is 3.90. The average molecular weight is 371 g/mol. The molecule has 2 heterocycles. The number of nitrogens with zero attached hydrogens (tertiary/aromatic N) is 3. The van der Waals surface area contributed by atoms with Crippen molar-refractivity contribution in [1.82, 2.24) is 14.7 Å². The van der Waals surface area contributed by atoms with Gasteiger partial charge < -0.3 is 4.90 Å². The molecule has 4 heteroatoms. The first-order valence-corrected chi connectivity index (χ1v) is 9.88. The highest BCUT2D eigenvalue weighted by molar-refractivity contribution is 5.93. The predicted molar refractivity (Wildman–Crippen MR) is 113 cm³/mol. The topological polar surface area (TPSA) is 38.1 Å². The number of amides is 1. The summed E-state index contributed by atoms with van der Waals surface area (Å²) >= 11 is 0. The van der Waals surface area contributed by atoms with Crippen LogP contribution in [0.5, 0.6) is 0 Å². The van der Waals surface area contributed by atoms with Crippen molar-refractivity contribution >= 4 is 12.0 Å². The molecular formula is C24H25N3O. The molecular weight excluding hydrogens is 346 g/mol. The van der Waals surface area contributed by atoms with E-state index in [-0.39, 0.29) is 5.91 Å². The van der Waals surface area contributed by atoms with E-state index in [1.165, 1.54) is 6.42 Å². The van der Waals surface area contributed by atoms with Crippen LogP contribution < -0.4 is 0 Å². The Bertz CT molecular complexity index is 960. The van der Waals surface area contributed by atoms with Gasteiger partial charge in [-0.15, -0.1) is 0 Å². The van der Waals surface area contributed by atoms with Crippen LogP contribution in [0, 0.1) is 5.92 Å². The fraction of sp³-hybridized carbons (Fsp3) is 0.250. The van der Waals surface area contributed by atoms with Crippen LogP contribution in [0.25, 0.3) is 23.0 Å². The quantitative estimate of drug-likeness (QED) is 0.617. The number of aromatic nitrogens is 2. The van der Waals surface area contributed by atoms with Crippen LogP contribution in [0.2, 0.25) is 0 Å². The van der Waals surface area contributed by atoms with Crippen LogP contribution in [-0.2, 0) is 4.79 Å². The molecule has 1 atom stereocenters. The first-order chi connectivity index (χ1) is 13.7. The van der Waals surface area contributed by atoms with E-state index >= 15 is 0 Å². The summed E-state index contributed by atoms with van der Waals surface area (Å²) in [6.07, 6.45) is 7.87. The summed E-state index contributed by atoms with van der Waals surface area (Å²) in [6, 6.07) is 20.1. The van der Waals surface area contributed by atoms with Crippen molar-refractivity contribution < 1.29 is 4.79 Å². The van der Waals surface area contributed by atoms with E-state index in [1.54, 1.807) is 6.08 Å². The first kappa shape index (κ1) is 18.2. The van der Waals surface area contributed by atoms with Gasteiger partial charge in [0.1, 0.15) is 0 Å². The molecule has 0 spiro atoms. The van der Waals surface area contributed by atoms with Gasteiger partial charge in [0.2, 0.25) is 5.91 Å². The van der Waals surface area contributed by atoms with Gasteiger partial charge in [0, 0.05) is 36.5 Å². The highest BCUT2D eigenvalue weighted by atomic mass is 16.2. The van der Waals surface area contributed by atoms with Crippen LogP contribution in [0.15, 0.2) is 72.9 Å². The normalized spacial score (nSPS) is 17.2. The number of carbonyl (C=O) groups excluding carboxylic acids is 1. The lowest BCUT2D eigenvalue weighted by Crippen LogP contribution is -2.38. The highest BCUT2D eigenvalue weighted by Gasteiger charge is 2.19. The van der Waals surface area contributed by atoms with E-state index in [9.17, 15) is 4.79 Å². The summed E-state index contributed by atoms with van der Waals surface area (Å²) in [5.74, 6) is 0.657. The Morgan fingerprint density at radius 1 is 1.07 bits per heavy atom. The average Bonchev–Trinajstić information content (AvgIpc) is 3.17. The number of para-hydroxylation sites is 1. The lowest BCUT2D eigenvalue weighted by molar-refractivity contribution is -0.127. The summed E-state index contributed by atoms with van der Waals surface area (Å²) in [5, 5.41) is 4.79. The van der Waals surface area contributed by atoms with Gasteiger partial charge in [-0.1, -0.05) is 55.5 Å². The van der Waals surface area contributed by atoms with Crippen molar-refractivity contribution in [2.45, 2.75) is 19.8 Å². The molecule has 4 nitrogen and oxygen atoms in total. The molecule has 1 amide bonds. The van der Waals surface area contributed by atoms with Gasteiger partial charge in [-0.25, -0.2) is 4.68 Å². The molecule has 0 bridgehead atoms. The molecule has 2 aromatic carbocycles. The number of hydrogen-bond donors (Lipinski definition) is 0. The van der Waals surface area contributed by atoms with E-state index in [2.05, 4.69) is 6.92 Å². The third-order valence-corrected chi connectivity index (χ3v) is 5.18. The maximum atomic E-state index is 12.7. The molecule has 0 N–H and O–H groups in total. The predicted octanol–water partition coefficient (Wildman–Crippen LogP) is 4.81. The molecule has 0 saturated carbocycles. The fourth-order valence-electron chi connectivity index (χ4n) is 3.70. The van der Waals surface area contributed by atoms with E-state index < -0.39 is 0 Å². The van der Waals surface area contributed by atoms with Crippen molar-refractivity contribution in [3.05, 3.63) is 78.5 Å². The second kappa shape index (κ2) is 8.26. The van der Waals surface area contributed by atoms with Gasteiger partial charge in [0.05, 0.1) is 11.4 Å². The van der Waals surface area contributed by atoms with E-state index in [0.717, 1.165) is 42.0 Å². The van der Waals surface area contributed by atoms with Crippen molar-refractivity contribution in [2.75, 3.05) is 13.1 Å². The Hall–Kier alpha value is -3.14. The van der Waals surface area contributed by atoms with Gasteiger partial charge in [0.15, 0.2) is 0 Å². The molecule has 1 aliphatic heterocycles. The van der Waals surface area contributed by atoms with Crippen LogP contribution >= 0.6 is 0 Å². The Morgan fingerprint density at radius 3 is 2.50 bits per heavy atom. The molecule has 3 aromatic rings. The zero-order valence-electron chi connectivity index (χ0n) is 16.2. The van der Waals surface area contributed by atoms with Crippen LogP contribution in [0.4, 0.5) is 0 Å². The van der Waals surface area contributed by atoms with Gasteiger partial charge in [-0.3, -0.25) is 4.79 Å². The van der Waals surface area contributed by atoms with Crippen molar-refractivity contribution in [3.63, 3.8) is 0 Å². The van der Waals surface area contributed by atoms with Gasteiger partial charge >= 0.3 is 0 Å². The maximum Gasteiger partial charge on any atom is 0.246 e. The SMILES string of the molecule is C[C@H]1CCCN(C(=O)/C=C/c2cn(-c3ccccc3)nc2-c2ccccc2)C1. The van der Waals surface area contributed by atoms with E-state index in [0.29, 0.717) is 5.92 Å². The van der Waals surface area contributed by atoms with Gasteiger partial charge in [-0.2, -0.15) is 5.10 Å². The van der Waals surface area contributed by atoms with Crippen molar-refractivity contribution in [3.8, 4) is 16.9 Å². The summed E-state index contributed by atoms with van der Waals surface area (Å²) in [7, 11) is 0. The number of carbonyl (C=O) groups is 1. The van der Waals surface area contributed by atoms with Crippen LogP contribution in [-0.4, -0.2) is 33.7 Å². The zero-order valence-corrected chi connectivity index (χ0v) is 16.2. The number of hydrogen-bond acceptors (Lipinski definition) is 2. The number of piperidine rings is 1. The molecule has 1 aromatic heterocycles. The van der Waals surface area contributed by atoms with E-state index in [4.69, 9.17) is 5.10 Å². The van der Waals surface area contributed by atoms with Gasteiger partial charge in [-0.05, 0) is 37.0 Å². The van der Waals surface area contributed by atoms with Crippen LogP contribution in [0.1, 0.15) is 25.3 Å². The third-order valence-electron chi connectivity index (χ3n) is 5.18. The maximum absolute atomic E-state index is 12.7. The molecule has 0 unspecified atom stereocenters. The lowest BCUT2D eigenvalue weighted by Gasteiger charge is -2.30. The number of rotatable bonds is 4. The minimum absolute atomic E-state index is 0.0815. The molecule has 1 saturated heterocycles. The van der Waals surface area contributed by atoms with E-state index in [1.807, 2.05) is 82.5 Å². The zero-order chi connectivity index (χ0) is 19.3. The molecule has 28 heavy (non-hydrogen) atoms. The smallest absolute Gasteiger partial charge is 0.246 e. The summed E-state index contributed by atoms with van der Waals surface area (Å²) < 4.78 is 1.87. The first-order valence-electron chi connectivity index (χ1n) is 9.88. The minimum atomic E-state index is 0.0815. The monoisotopic (exact) mass is 371 g/mol. The standard InChI is InChI=1S/C24H25N3O/c1-19-9-8-16-26(17-19)23(28)15-14-21-18-27(22-12-6-3-7-13-22)25-24(21)20-10-4-2-5-11-20/h2-7,10-15,18-19H,8-9,16-17H2,1H3/b15-14+/t19-/m0/s1. The molecule has 142 valence electrons. The second-order valence-electron chi connectivity index (χ2n) is 7.44. The molecule has 0 radical (unpaired) electrons. The van der Waals surface area contributed by atoms with Crippen molar-refractivity contribution in [1.29, 1.82) is 0 Å². The Kier molecular flexibility index (Phi) is 5.38. The highest BCUT2D eigenvalue weighted by Crippen LogP contribution is 2.25. The summed E-state index contributed by atoms with van der Waals surface area (Å²) in [5.41, 5.74) is 3.85. The van der Waals surface area contributed by atoms with Gasteiger partial charge in [0.25, 0.3) is 0 Å². The van der Waals surface area contributed by atoms with Crippen molar-refractivity contribution in [2.24, 2.45) is 5.92 Å². The Balaban J connectivity index is 1.65. The molecule has 4 rings (SSSR count). The fourth-order valence-corrected chi connectivity index (χ4v) is 3.70. The molecule has 1 fully saturated rings. The third kappa shape index (κ3) is 4.06. The second-order valence-corrected chi connectivity index (χ2v) is 7.44. The lowest BCUT2D eigenvalue weighted by atomic mass is 10.0. The Morgan fingerprint density at radius 2 is 1.79 bits per heavy atom. The summed E-state index contributed by atoms with van der Waals surface area (Å²) in [4.78, 5) is 14.6. The Labute approximate surface area is 166 Å². The minimum Gasteiger partial charge on any atom is -0.339 e. The molecule has 0 aliphatic carbocycles.